The Kier molecular flexibility index (Phi) is 8.16. The molecule has 0 atom stereocenters. The highest BCUT2D eigenvalue weighted by Gasteiger charge is 2.07. The van der Waals surface area contributed by atoms with Gasteiger partial charge in [-0.2, -0.15) is 0 Å². The van der Waals surface area contributed by atoms with Crippen molar-refractivity contribution in [2.75, 3.05) is 33.4 Å². The van der Waals surface area contributed by atoms with Crippen molar-refractivity contribution >= 4 is 0 Å². The fraction of sp³-hybridized carbons (Fsp3) is 0.647. The maximum absolute atomic E-state index is 5.98. The van der Waals surface area contributed by atoms with Gasteiger partial charge in [0.05, 0.1) is 7.11 Å². The highest BCUT2D eigenvalue weighted by atomic mass is 16.5. The van der Waals surface area contributed by atoms with Gasteiger partial charge in [-0.15, -0.1) is 0 Å². The molecule has 4 nitrogen and oxygen atoms in total. The van der Waals surface area contributed by atoms with E-state index in [1.165, 1.54) is 5.56 Å². The third-order valence-corrected chi connectivity index (χ3v) is 3.53. The van der Waals surface area contributed by atoms with Gasteiger partial charge in [0.25, 0.3) is 0 Å². The number of benzene rings is 1. The molecule has 0 aliphatic heterocycles. The van der Waals surface area contributed by atoms with E-state index in [1.54, 1.807) is 7.11 Å². The largest absolute Gasteiger partial charge is 0.497 e. The average Bonchev–Trinajstić information content (AvgIpc) is 2.49. The zero-order valence-corrected chi connectivity index (χ0v) is 14.1. The summed E-state index contributed by atoms with van der Waals surface area (Å²) in [5.41, 5.74) is 1.17. The number of nitrogens with zero attached hydrogens (tertiary/aromatic N) is 1. The maximum Gasteiger partial charge on any atom is 0.127 e. The van der Waals surface area contributed by atoms with E-state index in [0.717, 1.165) is 37.7 Å². The smallest absolute Gasteiger partial charge is 0.127 e. The molecule has 120 valence electrons. The third kappa shape index (κ3) is 6.36. The van der Waals surface area contributed by atoms with E-state index < -0.39 is 0 Å². The lowest BCUT2D eigenvalue weighted by molar-refractivity contribution is 0.221. The van der Waals surface area contributed by atoms with Crippen LogP contribution in [0.4, 0.5) is 0 Å². The van der Waals surface area contributed by atoms with Gasteiger partial charge in [0.15, 0.2) is 0 Å². The number of nitrogens with one attached hydrogen (secondary N) is 1. The van der Waals surface area contributed by atoms with E-state index in [1.807, 2.05) is 12.1 Å². The Hall–Kier alpha value is -1.26. The van der Waals surface area contributed by atoms with Crippen molar-refractivity contribution in [2.45, 2.75) is 40.3 Å². The lowest BCUT2D eigenvalue weighted by Crippen LogP contribution is -2.28. The fourth-order valence-corrected chi connectivity index (χ4v) is 2.08. The molecule has 0 aliphatic carbocycles. The summed E-state index contributed by atoms with van der Waals surface area (Å²) in [5, 5.41) is 3.43. The molecular formula is C17H30N2O2. The molecule has 0 radical (unpaired) electrons. The SMILES string of the molecule is CCN(CC)CCOc1cc(OC)ccc1CNC(C)C. The second kappa shape index (κ2) is 9.64. The molecule has 0 amide bonds. The zero-order valence-electron chi connectivity index (χ0n) is 14.1. The third-order valence-electron chi connectivity index (χ3n) is 3.53. The van der Waals surface area contributed by atoms with E-state index in [4.69, 9.17) is 9.47 Å². The highest BCUT2D eigenvalue weighted by molar-refractivity contribution is 5.40. The van der Waals surface area contributed by atoms with Crippen molar-refractivity contribution in [2.24, 2.45) is 0 Å². The van der Waals surface area contributed by atoms with Gasteiger partial charge in [-0.05, 0) is 19.2 Å². The first kappa shape index (κ1) is 17.8. The van der Waals surface area contributed by atoms with Gasteiger partial charge < -0.3 is 19.7 Å². The molecule has 0 spiro atoms. The predicted octanol–water partition coefficient (Wildman–Crippen LogP) is 2.91. The Morgan fingerprint density at radius 2 is 1.90 bits per heavy atom. The second-order valence-corrected chi connectivity index (χ2v) is 5.38. The van der Waals surface area contributed by atoms with Crippen LogP contribution in [0.25, 0.3) is 0 Å². The van der Waals surface area contributed by atoms with Gasteiger partial charge in [0.1, 0.15) is 18.1 Å². The second-order valence-electron chi connectivity index (χ2n) is 5.38. The van der Waals surface area contributed by atoms with Crippen molar-refractivity contribution < 1.29 is 9.47 Å². The molecule has 0 saturated heterocycles. The minimum absolute atomic E-state index is 0.454. The molecule has 1 rings (SSSR count). The van der Waals surface area contributed by atoms with Crippen molar-refractivity contribution in [3.05, 3.63) is 23.8 Å². The number of hydrogen-bond donors (Lipinski definition) is 1. The number of rotatable bonds is 10. The Balaban J connectivity index is 2.67. The first-order valence-electron chi connectivity index (χ1n) is 7.86. The standard InChI is InChI=1S/C17H30N2O2/c1-6-19(7-2)10-11-21-17-12-16(20-5)9-8-15(17)13-18-14(3)4/h8-9,12,14,18H,6-7,10-11,13H2,1-5H3. The monoisotopic (exact) mass is 294 g/mol. The van der Waals surface area contributed by atoms with Gasteiger partial charge >= 0.3 is 0 Å². The lowest BCUT2D eigenvalue weighted by atomic mass is 10.2. The van der Waals surface area contributed by atoms with E-state index >= 15 is 0 Å². The van der Waals surface area contributed by atoms with Crippen molar-refractivity contribution in [3.8, 4) is 11.5 Å². The van der Waals surface area contributed by atoms with Gasteiger partial charge in [0.2, 0.25) is 0 Å². The Morgan fingerprint density at radius 1 is 1.19 bits per heavy atom. The van der Waals surface area contributed by atoms with Crippen LogP contribution in [0.15, 0.2) is 18.2 Å². The van der Waals surface area contributed by atoms with Gasteiger partial charge in [-0.1, -0.05) is 33.8 Å². The molecule has 0 saturated carbocycles. The molecule has 0 aromatic heterocycles. The first-order valence-corrected chi connectivity index (χ1v) is 7.86. The Labute approximate surface area is 129 Å². The molecule has 0 unspecified atom stereocenters. The molecule has 21 heavy (non-hydrogen) atoms. The normalized spacial score (nSPS) is 11.2. The number of ether oxygens (including phenoxy) is 2. The van der Waals surface area contributed by atoms with E-state index in [2.05, 4.69) is 44.0 Å². The number of likely N-dealkylation sites (N-methyl/N-ethyl adjacent to an activating group) is 1. The lowest BCUT2D eigenvalue weighted by Gasteiger charge is -2.19. The fourth-order valence-electron chi connectivity index (χ4n) is 2.08. The molecule has 4 heteroatoms. The summed E-state index contributed by atoms with van der Waals surface area (Å²) in [7, 11) is 1.68. The molecule has 1 aromatic rings. The van der Waals surface area contributed by atoms with Crippen LogP contribution in [-0.2, 0) is 6.54 Å². The van der Waals surface area contributed by atoms with E-state index in [-0.39, 0.29) is 0 Å². The van der Waals surface area contributed by atoms with Gasteiger partial charge in [0, 0.05) is 30.8 Å². The molecule has 1 N–H and O–H groups in total. The highest BCUT2D eigenvalue weighted by Crippen LogP contribution is 2.25. The van der Waals surface area contributed by atoms with Gasteiger partial charge in [-0.25, -0.2) is 0 Å². The Morgan fingerprint density at radius 3 is 2.48 bits per heavy atom. The van der Waals surface area contributed by atoms with E-state index in [9.17, 15) is 0 Å². The topological polar surface area (TPSA) is 33.7 Å². The van der Waals surface area contributed by atoms with Crippen LogP contribution < -0.4 is 14.8 Å². The van der Waals surface area contributed by atoms with Crippen molar-refractivity contribution in [1.82, 2.24) is 10.2 Å². The van der Waals surface area contributed by atoms with Crippen LogP contribution in [-0.4, -0.2) is 44.3 Å². The zero-order chi connectivity index (χ0) is 15.7. The molecule has 0 aliphatic rings. The van der Waals surface area contributed by atoms with Crippen molar-refractivity contribution in [1.29, 1.82) is 0 Å². The number of hydrogen-bond acceptors (Lipinski definition) is 4. The van der Waals surface area contributed by atoms with E-state index in [0.29, 0.717) is 12.6 Å². The van der Waals surface area contributed by atoms with Crippen LogP contribution in [0.3, 0.4) is 0 Å². The minimum atomic E-state index is 0.454. The molecule has 0 bridgehead atoms. The van der Waals surface area contributed by atoms with Crippen LogP contribution in [0, 0.1) is 0 Å². The van der Waals surface area contributed by atoms with Crippen LogP contribution >= 0.6 is 0 Å². The van der Waals surface area contributed by atoms with Crippen LogP contribution in [0.2, 0.25) is 0 Å². The summed E-state index contributed by atoms with van der Waals surface area (Å²) in [6.45, 7) is 13.2. The van der Waals surface area contributed by atoms with Crippen LogP contribution in [0.1, 0.15) is 33.3 Å². The summed E-state index contributed by atoms with van der Waals surface area (Å²) in [6.07, 6.45) is 0. The Bertz CT molecular complexity index is 404. The summed E-state index contributed by atoms with van der Waals surface area (Å²) >= 11 is 0. The number of methoxy groups -OCH3 is 1. The van der Waals surface area contributed by atoms with Gasteiger partial charge in [-0.3, -0.25) is 0 Å². The summed E-state index contributed by atoms with van der Waals surface area (Å²) in [4.78, 5) is 2.35. The summed E-state index contributed by atoms with van der Waals surface area (Å²) in [6, 6.07) is 6.48. The molecule has 0 fully saturated rings. The average molecular weight is 294 g/mol. The van der Waals surface area contributed by atoms with Crippen LogP contribution in [0.5, 0.6) is 11.5 Å². The predicted molar refractivity (Wildman–Crippen MR) is 88.3 cm³/mol. The quantitative estimate of drug-likeness (QED) is 0.719. The molecular weight excluding hydrogens is 264 g/mol. The molecule has 0 heterocycles. The summed E-state index contributed by atoms with van der Waals surface area (Å²) < 4.78 is 11.3. The maximum atomic E-state index is 5.98. The molecule has 1 aromatic carbocycles. The van der Waals surface area contributed by atoms with Crippen molar-refractivity contribution in [3.63, 3.8) is 0 Å². The first-order chi connectivity index (χ1) is 10.1. The summed E-state index contributed by atoms with van der Waals surface area (Å²) in [5.74, 6) is 1.75. The minimum Gasteiger partial charge on any atom is -0.497 e.